The molecule has 1 amide bonds. The highest BCUT2D eigenvalue weighted by Crippen LogP contribution is 2.40. The third kappa shape index (κ3) is 5.56. The van der Waals surface area contributed by atoms with Gasteiger partial charge in [0.1, 0.15) is 0 Å². The Kier molecular flexibility index (Phi) is 7.62. The summed E-state index contributed by atoms with van der Waals surface area (Å²) in [6.45, 7) is 7.28. The second kappa shape index (κ2) is 11.1. The van der Waals surface area contributed by atoms with Gasteiger partial charge in [-0.15, -0.1) is 11.8 Å². The van der Waals surface area contributed by atoms with E-state index in [4.69, 9.17) is 4.74 Å². The molecule has 2 aliphatic carbocycles. The fourth-order valence-corrected chi connectivity index (χ4v) is 7.68. The number of para-hydroxylation sites is 1. The maximum absolute atomic E-state index is 13.6. The number of fused-ring (bicyclic) bond motifs is 1. The molecule has 0 unspecified atom stereocenters. The molecule has 2 saturated carbocycles. The molecule has 7 nitrogen and oxygen atoms in total. The number of likely N-dealkylation sites (tertiary alicyclic amines) is 1. The first-order valence-corrected chi connectivity index (χ1v) is 15.3. The van der Waals surface area contributed by atoms with Crippen LogP contribution < -0.4 is 10.9 Å². The van der Waals surface area contributed by atoms with Crippen LogP contribution in [0.3, 0.4) is 0 Å². The van der Waals surface area contributed by atoms with E-state index in [9.17, 15) is 9.59 Å². The molecule has 1 aromatic carbocycles. The standard InChI is InChI=1S/C31H40N4O3S/c1-19-14-28(39-24-12-13-24)26(30(36)33-19)15-32-31(37)29-20(2)35(27-7-5-4-6-25(27)29)16-21-8-10-22(11-9-21)34-17-23(18-34)38-3/h4-7,14,21-24H,8-13,15-18H2,1-3H3,(H,32,37)(H,33,36). The Morgan fingerprint density at radius 2 is 1.85 bits per heavy atom. The lowest BCUT2D eigenvalue weighted by molar-refractivity contribution is -0.0598. The van der Waals surface area contributed by atoms with E-state index < -0.39 is 0 Å². The first-order valence-electron chi connectivity index (χ1n) is 14.4. The van der Waals surface area contributed by atoms with Gasteiger partial charge in [0.05, 0.1) is 17.2 Å². The summed E-state index contributed by atoms with van der Waals surface area (Å²) in [5.74, 6) is 0.498. The molecule has 2 aromatic heterocycles. The van der Waals surface area contributed by atoms with Gasteiger partial charge in [-0.2, -0.15) is 0 Å². The lowest BCUT2D eigenvalue weighted by Crippen LogP contribution is -2.56. The van der Waals surface area contributed by atoms with Crippen LogP contribution in [-0.2, 0) is 17.8 Å². The van der Waals surface area contributed by atoms with Crippen LogP contribution in [0.25, 0.3) is 10.9 Å². The number of benzene rings is 1. The second-order valence-corrected chi connectivity index (χ2v) is 13.0. The van der Waals surface area contributed by atoms with Gasteiger partial charge in [0, 0.05) is 71.8 Å². The van der Waals surface area contributed by atoms with Crippen molar-refractivity contribution in [2.75, 3.05) is 20.2 Å². The summed E-state index contributed by atoms with van der Waals surface area (Å²) in [6.07, 6.45) is 7.69. The number of hydrogen-bond donors (Lipinski definition) is 2. The molecule has 208 valence electrons. The Balaban J connectivity index is 1.17. The van der Waals surface area contributed by atoms with E-state index in [-0.39, 0.29) is 18.0 Å². The van der Waals surface area contributed by atoms with E-state index in [2.05, 4.69) is 38.8 Å². The van der Waals surface area contributed by atoms with Crippen molar-refractivity contribution in [2.24, 2.45) is 5.92 Å². The number of thioether (sulfide) groups is 1. The number of aryl methyl sites for hydroxylation is 1. The predicted octanol–water partition coefficient (Wildman–Crippen LogP) is 5.02. The summed E-state index contributed by atoms with van der Waals surface area (Å²) in [5, 5.41) is 4.67. The number of amides is 1. The smallest absolute Gasteiger partial charge is 0.254 e. The second-order valence-electron chi connectivity index (χ2n) is 11.7. The normalized spacial score (nSPS) is 22.2. The quantitative estimate of drug-likeness (QED) is 0.393. The van der Waals surface area contributed by atoms with Crippen molar-refractivity contribution in [1.29, 1.82) is 0 Å². The molecule has 3 aromatic rings. The summed E-state index contributed by atoms with van der Waals surface area (Å²) in [7, 11) is 1.81. The monoisotopic (exact) mass is 548 g/mol. The lowest BCUT2D eigenvalue weighted by Gasteiger charge is -2.46. The van der Waals surface area contributed by atoms with Gasteiger partial charge in [0.15, 0.2) is 0 Å². The highest BCUT2D eigenvalue weighted by Gasteiger charge is 2.35. The molecule has 6 rings (SSSR count). The molecule has 0 spiro atoms. The molecule has 0 atom stereocenters. The number of ether oxygens (including phenoxy) is 1. The van der Waals surface area contributed by atoms with Crippen LogP contribution in [0.15, 0.2) is 40.0 Å². The van der Waals surface area contributed by atoms with E-state index in [1.54, 1.807) is 11.8 Å². The minimum absolute atomic E-state index is 0.107. The van der Waals surface area contributed by atoms with Crippen LogP contribution in [-0.4, -0.2) is 58.0 Å². The van der Waals surface area contributed by atoms with Crippen molar-refractivity contribution < 1.29 is 9.53 Å². The van der Waals surface area contributed by atoms with Crippen LogP contribution in [0.2, 0.25) is 0 Å². The summed E-state index contributed by atoms with van der Waals surface area (Å²) in [4.78, 5) is 32.9. The molecule has 2 N–H and O–H groups in total. The first-order chi connectivity index (χ1) is 18.9. The SMILES string of the molecule is COC1CN(C2CCC(Cn3c(C)c(C(=O)NCc4c(SC5CC5)cc(C)[nH]c4=O)c4ccccc43)CC2)C1. The molecule has 1 saturated heterocycles. The van der Waals surface area contributed by atoms with Crippen molar-refractivity contribution in [1.82, 2.24) is 19.8 Å². The molecule has 1 aliphatic heterocycles. The van der Waals surface area contributed by atoms with Crippen LogP contribution >= 0.6 is 11.8 Å². The maximum atomic E-state index is 13.6. The molecule has 3 fully saturated rings. The Morgan fingerprint density at radius 1 is 1.10 bits per heavy atom. The van der Waals surface area contributed by atoms with Crippen LogP contribution in [0.1, 0.15) is 65.8 Å². The summed E-state index contributed by atoms with van der Waals surface area (Å²) >= 11 is 1.76. The molecule has 8 heteroatoms. The largest absolute Gasteiger partial charge is 0.379 e. The number of carbonyl (C=O) groups excluding carboxylic acids is 1. The first kappa shape index (κ1) is 26.7. The third-order valence-corrected chi connectivity index (χ3v) is 10.3. The van der Waals surface area contributed by atoms with Crippen LogP contribution in [0.4, 0.5) is 0 Å². The third-order valence-electron chi connectivity index (χ3n) is 8.91. The van der Waals surface area contributed by atoms with E-state index >= 15 is 0 Å². The number of carbonyl (C=O) groups is 1. The fraction of sp³-hybridized carbons (Fsp3) is 0.548. The highest BCUT2D eigenvalue weighted by molar-refractivity contribution is 8.00. The van der Waals surface area contributed by atoms with E-state index in [1.807, 2.05) is 32.2 Å². The molecule has 3 heterocycles. The average molecular weight is 549 g/mol. The van der Waals surface area contributed by atoms with Crippen molar-refractivity contribution in [3.63, 3.8) is 0 Å². The number of rotatable bonds is 9. The van der Waals surface area contributed by atoms with E-state index in [0.717, 1.165) is 52.4 Å². The zero-order valence-electron chi connectivity index (χ0n) is 23.3. The minimum Gasteiger partial charge on any atom is -0.379 e. The molecule has 0 radical (unpaired) electrons. The van der Waals surface area contributed by atoms with Crippen molar-refractivity contribution in [2.45, 2.75) is 87.8 Å². The van der Waals surface area contributed by atoms with E-state index in [1.165, 1.54) is 38.5 Å². The summed E-state index contributed by atoms with van der Waals surface area (Å²) in [5.41, 5.74) is 4.26. The van der Waals surface area contributed by atoms with Crippen molar-refractivity contribution in [3.8, 4) is 0 Å². The number of methoxy groups -OCH3 is 1. The van der Waals surface area contributed by atoms with Crippen LogP contribution in [0, 0.1) is 19.8 Å². The number of aromatic nitrogens is 2. The van der Waals surface area contributed by atoms with Gasteiger partial charge < -0.3 is 19.6 Å². The van der Waals surface area contributed by atoms with Crippen molar-refractivity contribution >= 4 is 28.6 Å². The number of nitrogens with zero attached hydrogens (tertiary/aromatic N) is 2. The maximum Gasteiger partial charge on any atom is 0.254 e. The Labute approximate surface area is 234 Å². The van der Waals surface area contributed by atoms with Gasteiger partial charge in [-0.1, -0.05) is 18.2 Å². The molecular formula is C31H40N4O3S. The van der Waals surface area contributed by atoms with Crippen molar-refractivity contribution in [3.05, 3.63) is 63.2 Å². The average Bonchev–Trinajstić information content (AvgIpc) is 3.67. The highest BCUT2D eigenvalue weighted by atomic mass is 32.2. The molecule has 3 aliphatic rings. The molecular weight excluding hydrogens is 508 g/mol. The number of pyridine rings is 1. The Bertz CT molecular complexity index is 1410. The fourth-order valence-electron chi connectivity index (χ4n) is 6.40. The lowest BCUT2D eigenvalue weighted by atomic mass is 9.84. The number of nitrogens with one attached hydrogen (secondary N) is 2. The minimum atomic E-state index is -0.112. The van der Waals surface area contributed by atoms with E-state index in [0.29, 0.717) is 28.9 Å². The molecule has 0 bridgehead atoms. The van der Waals surface area contributed by atoms with Gasteiger partial charge in [0.25, 0.3) is 11.5 Å². The summed E-state index contributed by atoms with van der Waals surface area (Å²) in [6, 6.07) is 11.0. The zero-order chi connectivity index (χ0) is 27.1. The topological polar surface area (TPSA) is 79.4 Å². The Hall–Kier alpha value is -2.55. The van der Waals surface area contributed by atoms with Gasteiger partial charge in [-0.25, -0.2) is 0 Å². The van der Waals surface area contributed by atoms with Gasteiger partial charge >= 0.3 is 0 Å². The predicted molar refractivity (Wildman–Crippen MR) is 157 cm³/mol. The van der Waals surface area contributed by atoms with Gasteiger partial charge in [-0.3, -0.25) is 14.5 Å². The van der Waals surface area contributed by atoms with Gasteiger partial charge in [-0.05, 0) is 70.4 Å². The number of hydrogen-bond acceptors (Lipinski definition) is 5. The zero-order valence-corrected chi connectivity index (χ0v) is 24.1. The molecule has 39 heavy (non-hydrogen) atoms. The van der Waals surface area contributed by atoms with Crippen LogP contribution in [0.5, 0.6) is 0 Å². The number of aromatic amines is 1. The summed E-state index contributed by atoms with van der Waals surface area (Å²) < 4.78 is 7.82. The van der Waals surface area contributed by atoms with Gasteiger partial charge in [0.2, 0.25) is 0 Å². The number of H-pyrrole nitrogens is 1. The Morgan fingerprint density at radius 3 is 2.56 bits per heavy atom.